The number of anilines is 1. The van der Waals surface area contributed by atoms with Gasteiger partial charge >= 0.3 is 0 Å². The smallest absolute Gasteiger partial charge is 0.253 e. The number of nitrogens with one attached hydrogen (secondary N) is 1. The third-order valence-electron chi connectivity index (χ3n) is 5.65. The highest BCUT2D eigenvalue weighted by Gasteiger charge is 2.33. The minimum absolute atomic E-state index is 0.232. The molecule has 1 N–H and O–H groups in total. The van der Waals surface area contributed by atoms with Crippen molar-refractivity contribution in [2.75, 3.05) is 25.0 Å². The summed E-state index contributed by atoms with van der Waals surface area (Å²) in [7, 11) is 0. The molecule has 1 amide bonds. The summed E-state index contributed by atoms with van der Waals surface area (Å²) in [5.41, 5.74) is 3.36. The molecule has 1 aromatic carbocycles. The van der Waals surface area contributed by atoms with Crippen LogP contribution in [0.3, 0.4) is 0 Å². The summed E-state index contributed by atoms with van der Waals surface area (Å²) in [6.07, 6.45) is 7.74. The highest BCUT2D eigenvalue weighted by atomic mass is 16.2. The van der Waals surface area contributed by atoms with Crippen molar-refractivity contribution in [3.8, 4) is 0 Å². The van der Waals surface area contributed by atoms with E-state index in [1.54, 1.807) is 0 Å². The maximum Gasteiger partial charge on any atom is 0.253 e. The number of amides is 1. The van der Waals surface area contributed by atoms with Crippen molar-refractivity contribution in [1.29, 1.82) is 0 Å². The van der Waals surface area contributed by atoms with E-state index in [1.165, 1.54) is 37.7 Å². The summed E-state index contributed by atoms with van der Waals surface area (Å²) in [6, 6.07) is 6.19. The monoisotopic (exact) mass is 284 g/mol. The molecule has 1 saturated heterocycles. The lowest BCUT2D eigenvalue weighted by atomic mass is 9.75. The van der Waals surface area contributed by atoms with E-state index < -0.39 is 0 Å². The molecule has 4 rings (SSSR count). The summed E-state index contributed by atoms with van der Waals surface area (Å²) < 4.78 is 0. The Bertz CT molecular complexity index is 554. The third-order valence-corrected chi connectivity index (χ3v) is 5.65. The maximum absolute atomic E-state index is 12.8. The first-order valence-corrected chi connectivity index (χ1v) is 8.47. The maximum atomic E-state index is 12.8. The van der Waals surface area contributed by atoms with E-state index in [1.807, 2.05) is 6.07 Å². The van der Waals surface area contributed by atoms with Crippen molar-refractivity contribution < 1.29 is 4.79 Å². The first kappa shape index (κ1) is 13.2. The average Bonchev–Trinajstić information content (AvgIpc) is 3.01. The van der Waals surface area contributed by atoms with Crippen LogP contribution in [-0.4, -0.2) is 30.4 Å². The van der Waals surface area contributed by atoms with Crippen molar-refractivity contribution in [2.24, 2.45) is 11.8 Å². The van der Waals surface area contributed by atoms with Gasteiger partial charge in [-0.15, -0.1) is 0 Å². The number of likely N-dealkylation sites (tertiary alicyclic amines) is 1. The van der Waals surface area contributed by atoms with Gasteiger partial charge in [0, 0.05) is 30.9 Å². The van der Waals surface area contributed by atoms with Gasteiger partial charge in [-0.2, -0.15) is 0 Å². The fraction of sp³-hybridized carbons (Fsp3) is 0.611. The van der Waals surface area contributed by atoms with Crippen LogP contribution in [0.25, 0.3) is 0 Å². The zero-order valence-corrected chi connectivity index (χ0v) is 12.6. The molecule has 0 bridgehead atoms. The van der Waals surface area contributed by atoms with Crippen LogP contribution < -0.4 is 5.32 Å². The molecule has 2 unspecified atom stereocenters. The standard InChI is InChI=1S/C18H24N2O/c21-18(15-6-5-14-7-9-19-17(14)11-15)20-10-8-13-3-1-2-4-16(13)12-20/h5-6,11,13,16,19H,1-4,7-10,12H2. The normalized spacial score (nSPS) is 27.7. The van der Waals surface area contributed by atoms with Crippen molar-refractivity contribution in [3.63, 3.8) is 0 Å². The van der Waals surface area contributed by atoms with E-state index in [-0.39, 0.29) is 5.91 Å². The molecule has 2 aliphatic heterocycles. The number of fused-ring (bicyclic) bond motifs is 2. The Morgan fingerprint density at radius 2 is 2.00 bits per heavy atom. The van der Waals surface area contributed by atoms with E-state index in [0.717, 1.165) is 49.1 Å². The van der Waals surface area contributed by atoms with Gasteiger partial charge in [-0.1, -0.05) is 25.3 Å². The van der Waals surface area contributed by atoms with Crippen LogP contribution in [0.5, 0.6) is 0 Å². The third kappa shape index (κ3) is 2.43. The predicted molar refractivity (Wildman–Crippen MR) is 84.6 cm³/mol. The molecular formula is C18H24N2O. The van der Waals surface area contributed by atoms with Crippen LogP contribution in [-0.2, 0) is 6.42 Å². The van der Waals surface area contributed by atoms with Crippen molar-refractivity contribution in [2.45, 2.75) is 38.5 Å². The fourth-order valence-corrected chi connectivity index (χ4v) is 4.39. The minimum Gasteiger partial charge on any atom is -0.384 e. The number of hydrogen-bond acceptors (Lipinski definition) is 2. The molecule has 0 aromatic heterocycles. The van der Waals surface area contributed by atoms with Crippen LogP contribution in [0.1, 0.15) is 48.0 Å². The van der Waals surface area contributed by atoms with Gasteiger partial charge in [0.05, 0.1) is 0 Å². The zero-order valence-electron chi connectivity index (χ0n) is 12.6. The van der Waals surface area contributed by atoms with E-state index >= 15 is 0 Å². The first-order chi connectivity index (χ1) is 10.3. The number of rotatable bonds is 1. The minimum atomic E-state index is 0.232. The lowest BCUT2D eigenvalue weighted by Gasteiger charge is -2.41. The van der Waals surface area contributed by atoms with Gasteiger partial charge in [0.1, 0.15) is 0 Å². The molecule has 21 heavy (non-hydrogen) atoms. The Morgan fingerprint density at radius 3 is 2.90 bits per heavy atom. The molecule has 2 heterocycles. The Balaban J connectivity index is 1.49. The number of piperidine rings is 1. The SMILES string of the molecule is O=C(c1ccc2c(c1)NCC2)N1CCC2CCCCC2C1. The number of nitrogens with zero attached hydrogens (tertiary/aromatic N) is 1. The van der Waals surface area contributed by atoms with Gasteiger partial charge < -0.3 is 10.2 Å². The van der Waals surface area contributed by atoms with Gasteiger partial charge in [-0.05, 0) is 48.8 Å². The quantitative estimate of drug-likeness (QED) is 0.858. The van der Waals surface area contributed by atoms with Crippen LogP contribution in [0, 0.1) is 11.8 Å². The second kappa shape index (κ2) is 5.36. The molecule has 112 valence electrons. The van der Waals surface area contributed by atoms with Gasteiger partial charge in [-0.25, -0.2) is 0 Å². The average molecular weight is 284 g/mol. The summed E-state index contributed by atoms with van der Waals surface area (Å²) >= 11 is 0. The van der Waals surface area contributed by atoms with Gasteiger partial charge in [0.15, 0.2) is 0 Å². The summed E-state index contributed by atoms with van der Waals surface area (Å²) in [4.78, 5) is 14.9. The van der Waals surface area contributed by atoms with Crippen LogP contribution in [0.15, 0.2) is 18.2 Å². The van der Waals surface area contributed by atoms with E-state index in [4.69, 9.17) is 0 Å². The molecule has 1 aliphatic carbocycles. The zero-order chi connectivity index (χ0) is 14.2. The fourth-order valence-electron chi connectivity index (χ4n) is 4.39. The molecular weight excluding hydrogens is 260 g/mol. The molecule has 1 saturated carbocycles. The second-order valence-electron chi connectivity index (χ2n) is 6.89. The highest BCUT2D eigenvalue weighted by Crippen LogP contribution is 2.36. The van der Waals surface area contributed by atoms with Crippen molar-refractivity contribution in [3.05, 3.63) is 29.3 Å². The molecule has 1 aromatic rings. The lowest BCUT2D eigenvalue weighted by molar-refractivity contribution is 0.0521. The highest BCUT2D eigenvalue weighted by molar-refractivity contribution is 5.95. The summed E-state index contributed by atoms with van der Waals surface area (Å²) in [5.74, 6) is 1.86. The van der Waals surface area contributed by atoms with Gasteiger partial charge in [0.25, 0.3) is 5.91 Å². The largest absolute Gasteiger partial charge is 0.384 e. The van der Waals surface area contributed by atoms with Crippen molar-refractivity contribution in [1.82, 2.24) is 4.90 Å². The molecule has 0 spiro atoms. The van der Waals surface area contributed by atoms with Crippen LogP contribution in [0.4, 0.5) is 5.69 Å². The molecule has 3 heteroatoms. The number of hydrogen-bond donors (Lipinski definition) is 1. The van der Waals surface area contributed by atoms with E-state index in [9.17, 15) is 4.79 Å². The van der Waals surface area contributed by atoms with Gasteiger partial charge in [-0.3, -0.25) is 4.79 Å². The summed E-state index contributed by atoms with van der Waals surface area (Å²) in [6.45, 7) is 2.93. The van der Waals surface area contributed by atoms with Crippen molar-refractivity contribution >= 4 is 11.6 Å². The lowest BCUT2D eigenvalue weighted by Crippen LogP contribution is -2.44. The number of carbonyl (C=O) groups excluding carboxylic acids is 1. The molecule has 0 radical (unpaired) electrons. The Kier molecular flexibility index (Phi) is 3.36. The van der Waals surface area contributed by atoms with Crippen LogP contribution >= 0.6 is 0 Å². The molecule has 3 aliphatic rings. The Hall–Kier alpha value is -1.51. The Labute approximate surface area is 126 Å². The molecule has 2 atom stereocenters. The first-order valence-electron chi connectivity index (χ1n) is 8.47. The molecule has 3 nitrogen and oxygen atoms in total. The summed E-state index contributed by atoms with van der Waals surface area (Å²) in [5, 5.41) is 3.37. The second-order valence-corrected chi connectivity index (χ2v) is 6.89. The predicted octanol–water partition coefficient (Wildman–Crippen LogP) is 3.31. The number of benzene rings is 1. The topological polar surface area (TPSA) is 32.3 Å². The van der Waals surface area contributed by atoms with E-state index in [2.05, 4.69) is 22.3 Å². The number of carbonyl (C=O) groups is 1. The Morgan fingerprint density at radius 1 is 1.14 bits per heavy atom. The van der Waals surface area contributed by atoms with E-state index in [0.29, 0.717) is 0 Å². The van der Waals surface area contributed by atoms with Gasteiger partial charge in [0.2, 0.25) is 0 Å². The van der Waals surface area contributed by atoms with Crippen LogP contribution in [0.2, 0.25) is 0 Å². The molecule has 2 fully saturated rings.